The lowest BCUT2D eigenvalue weighted by Gasteiger charge is -2.10. The standard InChI is InChI=1S/C22H24N2O6/c1-2-28-18-11-9-17(10-12-18)24-21(26)15-5-7-16(8-6-15)23-20(25)14-30-22(27)19-4-3-13-29-19/h5-12,19H,2-4,13-14H2,1H3,(H,23,25)(H,24,26). The van der Waals surface area contributed by atoms with Crippen molar-refractivity contribution >= 4 is 29.2 Å². The number of nitrogens with one attached hydrogen (secondary N) is 2. The highest BCUT2D eigenvalue weighted by molar-refractivity contribution is 6.04. The van der Waals surface area contributed by atoms with Gasteiger partial charge in [-0.15, -0.1) is 0 Å². The predicted molar refractivity (Wildman–Crippen MR) is 111 cm³/mol. The van der Waals surface area contributed by atoms with Crippen molar-refractivity contribution in [2.24, 2.45) is 0 Å². The second kappa shape index (κ2) is 10.4. The molecule has 158 valence electrons. The molecule has 1 heterocycles. The first-order valence-electron chi connectivity index (χ1n) is 9.77. The molecule has 1 unspecified atom stereocenters. The van der Waals surface area contributed by atoms with Crippen LogP contribution in [0.4, 0.5) is 11.4 Å². The van der Waals surface area contributed by atoms with Gasteiger partial charge in [0, 0.05) is 23.5 Å². The smallest absolute Gasteiger partial charge is 0.335 e. The van der Waals surface area contributed by atoms with E-state index in [0.717, 1.165) is 12.2 Å². The van der Waals surface area contributed by atoms with Crippen molar-refractivity contribution < 1.29 is 28.6 Å². The number of benzene rings is 2. The number of hydrogen-bond acceptors (Lipinski definition) is 6. The first-order valence-corrected chi connectivity index (χ1v) is 9.77. The van der Waals surface area contributed by atoms with Crippen molar-refractivity contribution in [1.82, 2.24) is 0 Å². The maximum absolute atomic E-state index is 12.4. The zero-order valence-corrected chi connectivity index (χ0v) is 16.7. The molecule has 0 aliphatic carbocycles. The van der Waals surface area contributed by atoms with E-state index in [1.165, 1.54) is 0 Å². The molecular weight excluding hydrogens is 388 g/mol. The van der Waals surface area contributed by atoms with Crippen molar-refractivity contribution in [3.05, 3.63) is 54.1 Å². The minimum Gasteiger partial charge on any atom is -0.494 e. The molecule has 1 fully saturated rings. The summed E-state index contributed by atoms with van der Waals surface area (Å²) < 4.78 is 15.5. The third-order valence-corrected chi connectivity index (χ3v) is 4.39. The summed E-state index contributed by atoms with van der Waals surface area (Å²) in [7, 11) is 0. The van der Waals surface area contributed by atoms with E-state index in [9.17, 15) is 14.4 Å². The molecule has 1 atom stereocenters. The van der Waals surface area contributed by atoms with E-state index in [4.69, 9.17) is 14.2 Å². The van der Waals surface area contributed by atoms with Gasteiger partial charge in [0.1, 0.15) is 5.75 Å². The third kappa shape index (κ3) is 6.05. The van der Waals surface area contributed by atoms with Crippen LogP contribution in [0.5, 0.6) is 5.75 Å². The Balaban J connectivity index is 1.47. The number of hydrogen-bond donors (Lipinski definition) is 2. The lowest BCUT2D eigenvalue weighted by Crippen LogP contribution is -2.27. The maximum atomic E-state index is 12.4. The highest BCUT2D eigenvalue weighted by Crippen LogP contribution is 2.17. The second-order valence-electron chi connectivity index (χ2n) is 6.65. The second-order valence-corrected chi connectivity index (χ2v) is 6.65. The first-order chi connectivity index (χ1) is 14.5. The zero-order chi connectivity index (χ0) is 21.3. The van der Waals surface area contributed by atoms with E-state index in [1.54, 1.807) is 48.5 Å². The van der Waals surface area contributed by atoms with Gasteiger partial charge in [-0.25, -0.2) is 4.79 Å². The number of carbonyl (C=O) groups excluding carboxylic acids is 3. The fraction of sp³-hybridized carbons (Fsp3) is 0.318. The number of ether oxygens (including phenoxy) is 3. The van der Waals surface area contributed by atoms with Crippen molar-refractivity contribution in [3.63, 3.8) is 0 Å². The van der Waals surface area contributed by atoms with Crippen LogP contribution in [-0.2, 0) is 19.1 Å². The predicted octanol–water partition coefficient (Wildman–Crippen LogP) is 3.00. The van der Waals surface area contributed by atoms with Gasteiger partial charge >= 0.3 is 5.97 Å². The summed E-state index contributed by atoms with van der Waals surface area (Å²) in [5.74, 6) is -0.531. The molecule has 2 amide bonds. The van der Waals surface area contributed by atoms with Gasteiger partial charge in [0.15, 0.2) is 12.7 Å². The van der Waals surface area contributed by atoms with E-state index >= 15 is 0 Å². The van der Waals surface area contributed by atoms with E-state index in [1.807, 2.05) is 6.92 Å². The Morgan fingerprint density at radius 2 is 1.67 bits per heavy atom. The molecule has 0 bridgehead atoms. The van der Waals surface area contributed by atoms with Gasteiger partial charge in [-0.05, 0) is 68.3 Å². The average molecular weight is 412 g/mol. The van der Waals surface area contributed by atoms with Crippen molar-refractivity contribution in [3.8, 4) is 5.75 Å². The summed E-state index contributed by atoms with van der Waals surface area (Å²) >= 11 is 0. The van der Waals surface area contributed by atoms with Crippen LogP contribution in [0, 0.1) is 0 Å². The van der Waals surface area contributed by atoms with Gasteiger partial charge in [-0.2, -0.15) is 0 Å². The molecule has 3 rings (SSSR count). The normalized spacial score (nSPS) is 15.3. The molecule has 8 nitrogen and oxygen atoms in total. The molecule has 1 saturated heterocycles. The van der Waals surface area contributed by atoms with Gasteiger partial charge in [-0.1, -0.05) is 0 Å². The van der Waals surface area contributed by atoms with E-state index in [-0.39, 0.29) is 5.91 Å². The molecule has 0 spiro atoms. The van der Waals surface area contributed by atoms with Crippen molar-refractivity contribution in [1.29, 1.82) is 0 Å². The molecule has 2 aromatic carbocycles. The Hall–Kier alpha value is -3.39. The largest absolute Gasteiger partial charge is 0.494 e. The van der Waals surface area contributed by atoms with Gasteiger partial charge in [0.25, 0.3) is 11.8 Å². The number of rotatable bonds is 8. The highest BCUT2D eigenvalue weighted by atomic mass is 16.6. The molecule has 2 N–H and O–H groups in total. The van der Waals surface area contributed by atoms with Crippen LogP contribution >= 0.6 is 0 Å². The Labute approximate surface area is 174 Å². The van der Waals surface area contributed by atoms with Gasteiger partial charge < -0.3 is 24.8 Å². The minimum atomic E-state index is -0.578. The minimum absolute atomic E-state index is 0.275. The number of esters is 1. The van der Waals surface area contributed by atoms with Crippen LogP contribution in [-0.4, -0.2) is 43.7 Å². The molecule has 1 aliphatic heterocycles. The maximum Gasteiger partial charge on any atom is 0.335 e. The lowest BCUT2D eigenvalue weighted by atomic mass is 10.2. The van der Waals surface area contributed by atoms with E-state index < -0.39 is 24.6 Å². The summed E-state index contributed by atoms with van der Waals surface area (Å²) in [4.78, 5) is 36.1. The van der Waals surface area contributed by atoms with Gasteiger partial charge in [-0.3, -0.25) is 9.59 Å². The lowest BCUT2D eigenvalue weighted by molar-refractivity contribution is -0.156. The molecule has 1 aliphatic rings. The average Bonchev–Trinajstić information content (AvgIpc) is 3.29. The van der Waals surface area contributed by atoms with E-state index in [0.29, 0.717) is 36.6 Å². The topological polar surface area (TPSA) is 103 Å². The Bertz CT molecular complexity index is 874. The van der Waals surface area contributed by atoms with Crippen molar-refractivity contribution in [2.75, 3.05) is 30.5 Å². The SMILES string of the molecule is CCOc1ccc(NC(=O)c2ccc(NC(=O)COC(=O)C3CCCO3)cc2)cc1. The van der Waals surface area contributed by atoms with Gasteiger partial charge in [0.2, 0.25) is 0 Å². The monoisotopic (exact) mass is 412 g/mol. The number of amides is 2. The third-order valence-electron chi connectivity index (χ3n) is 4.39. The van der Waals surface area contributed by atoms with Crippen LogP contribution in [0.15, 0.2) is 48.5 Å². The summed E-state index contributed by atoms with van der Waals surface area (Å²) in [5.41, 5.74) is 1.58. The van der Waals surface area contributed by atoms with Crippen molar-refractivity contribution in [2.45, 2.75) is 25.9 Å². The highest BCUT2D eigenvalue weighted by Gasteiger charge is 2.25. The fourth-order valence-electron chi connectivity index (χ4n) is 2.90. The number of carbonyl (C=O) groups is 3. The molecule has 0 radical (unpaired) electrons. The molecule has 0 aromatic heterocycles. The molecule has 8 heteroatoms. The quantitative estimate of drug-likeness (QED) is 0.646. The number of anilines is 2. The first kappa shape index (κ1) is 21.3. The van der Waals surface area contributed by atoms with Crippen LogP contribution in [0.2, 0.25) is 0 Å². The summed E-state index contributed by atoms with van der Waals surface area (Å²) in [5, 5.41) is 5.42. The summed E-state index contributed by atoms with van der Waals surface area (Å²) in [6.07, 6.45) is 0.844. The zero-order valence-electron chi connectivity index (χ0n) is 16.7. The molecule has 2 aromatic rings. The van der Waals surface area contributed by atoms with Crippen LogP contribution in [0.3, 0.4) is 0 Å². The fourth-order valence-corrected chi connectivity index (χ4v) is 2.90. The van der Waals surface area contributed by atoms with Crippen LogP contribution in [0.25, 0.3) is 0 Å². The van der Waals surface area contributed by atoms with Crippen LogP contribution in [0.1, 0.15) is 30.1 Å². The van der Waals surface area contributed by atoms with E-state index in [2.05, 4.69) is 10.6 Å². The summed E-state index contributed by atoms with van der Waals surface area (Å²) in [6, 6.07) is 13.5. The Morgan fingerprint density at radius 1 is 1.00 bits per heavy atom. The van der Waals surface area contributed by atoms with Crippen LogP contribution < -0.4 is 15.4 Å². The Kier molecular flexibility index (Phi) is 7.40. The molecule has 30 heavy (non-hydrogen) atoms. The summed E-state index contributed by atoms with van der Waals surface area (Å²) in [6.45, 7) is 2.62. The molecule has 0 saturated carbocycles. The Morgan fingerprint density at radius 3 is 2.30 bits per heavy atom. The van der Waals surface area contributed by atoms with Gasteiger partial charge in [0.05, 0.1) is 6.61 Å². The molecular formula is C22H24N2O6.